The van der Waals surface area contributed by atoms with E-state index in [-0.39, 0.29) is 0 Å². The van der Waals surface area contributed by atoms with Gasteiger partial charge in [-0.25, -0.2) is 0 Å². The van der Waals surface area contributed by atoms with Crippen molar-refractivity contribution in [1.29, 1.82) is 0 Å². The van der Waals surface area contributed by atoms with E-state index in [0.29, 0.717) is 11.7 Å². The van der Waals surface area contributed by atoms with Gasteiger partial charge in [-0.3, -0.25) is 4.79 Å². The third-order valence-electron chi connectivity index (χ3n) is 3.90. The molecule has 0 N–H and O–H groups in total. The van der Waals surface area contributed by atoms with Crippen LogP contribution in [0.25, 0.3) is 0 Å². The fourth-order valence-electron chi connectivity index (χ4n) is 3.20. The maximum absolute atomic E-state index is 12.4. The van der Waals surface area contributed by atoms with Gasteiger partial charge in [-0.15, -0.1) is 0 Å². The SMILES string of the molecule is Cc1cc(C)c(C(=O)CC2CCCC2)c(C)c1. The molecule has 17 heavy (non-hydrogen) atoms. The molecule has 1 heteroatoms. The first-order chi connectivity index (χ1) is 8.08. The number of ketones is 1. The Balaban J connectivity index is 2.18. The van der Waals surface area contributed by atoms with Gasteiger partial charge < -0.3 is 0 Å². The maximum atomic E-state index is 12.4. The van der Waals surface area contributed by atoms with Crippen LogP contribution in [0.4, 0.5) is 0 Å². The zero-order chi connectivity index (χ0) is 12.4. The first-order valence-corrected chi connectivity index (χ1v) is 6.69. The summed E-state index contributed by atoms with van der Waals surface area (Å²) in [5.74, 6) is 0.995. The van der Waals surface area contributed by atoms with Crippen LogP contribution in [0.3, 0.4) is 0 Å². The number of hydrogen-bond acceptors (Lipinski definition) is 1. The van der Waals surface area contributed by atoms with E-state index < -0.39 is 0 Å². The summed E-state index contributed by atoms with van der Waals surface area (Å²) < 4.78 is 0. The lowest BCUT2D eigenvalue weighted by Crippen LogP contribution is -2.09. The fourth-order valence-corrected chi connectivity index (χ4v) is 3.20. The van der Waals surface area contributed by atoms with Gasteiger partial charge in [-0.1, -0.05) is 43.4 Å². The summed E-state index contributed by atoms with van der Waals surface area (Å²) >= 11 is 0. The maximum Gasteiger partial charge on any atom is 0.163 e. The highest BCUT2D eigenvalue weighted by Gasteiger charge is 2.21. The molecule has 0 bridgehead atoms. The predicted molar refractivity (Wildman–Crippen MR) is 71.6 cm³/mol. The average Bonchev–Trinajstić information content (AvgIpc) is 2.68. The number of carbonyl (C=O) groups excluding carboxylic acids is 1. The molecule has 1 saturated carbocycles. The minimum absolute atomic E-state index is 0.354. The Morgan fingerprint density at radius 2 is 1.65 bits per heavy atom. The summed E-state index contributed by atoms with van der Waals surface area (Å²) in [7, 11) is 0. The van der Waals surface area contributed by atoms with Crippen LogP contribution in [0.5, 0.6) is 0 Å². The second-order valence-corrected chi connectivity index (χ2v) is 5.55. The third kappa shape index (κ3) is 2.77. The normalized spacial score (nSPS) is 16.4. The molecule has 1 nitrogen and oxygen atoms in total. The fraction of sp³-hybridized carbons (Fsp3) is 0.562. The zero-order valence-corrected chi connectivity index (χ0v) is 11.2. The Bertz CT molecular complexity index is 402. The van der Waals surface area contributed by atoms with Gasteiger partial charge in [0, 0.05) is 12.0 Å². The van der Waals surface area contributed by atoms with Gasteiger partial charge in [0.1, 0.15) is 0 Å². The zero-order valence-electron chi connectivity index (χ0n) is 11.2. The molecule has 92 valence electrons. The molecule has 0 radical (unpaired) electrons. The first-order valence-electron chi connectivity index (χ1n) is 6.69. The lowest BCUT2D eigenvalue weighted by Gasteiger charge is -2.13. The molecule has 0 unspecified atom stereocenters. The van der Waals surface area contributed by atoms with E-state index in [4.69, 9.17) is 0 Å². The largest absolute Gasteiger partial charge is 0.294 e. The number of Topliss-reactive ketones (excluding diaryl/α,β-unsaturated/α-hetero) is 1. The topological polar surface area (TPSA) is 17.1 Å². The molecular formula is C16H22O. The van der Waals surface area contributed by atoms with E-state index in [1.165, 1.54) is 31.2 Å². The number of hydrogen-bond donors (Lipinski definition) is 0. The molecule has 0 amide bonds. The summed E-state index contributed by atoms with van der Waals surface area (Å²) in [6, 6.07) is 4.24. The Morgan fingerprint density at radius 1 is 1.12 bits per heavy atom. The number of benzene rings is 1. The minimum atomic E-state index is 0.354. The Labute approximate surface area is 104 Å². The monoisotopic (exact) mass is 230 g/mol. The molecule has 0 aliphatic heterocycles. The van der Waals surface area contributed by atoms with Crippen molar-refractivity contribution in [3.05, 3.63) is 34.4 Å². The van der Waals surface area contributed by atoms with Crippen LogP contribution in [-0.4, -0.2) is 5.78 Å². The van der Waals surface area contributed by atoms with Crippen molar-refractivity contribution in [3.63, 3.8) is 0 Å². The number of carbonyl (C=O) groups is 1. The molecule has 0 saturated heterocycles. The molecule has 2 rings (SSSR count). The standard InChI is InChI=1S/C16H22O/c1-11-8-12(2)16(13(3)9-11)15(17)10-14-6-4-5-7-14/h8-9,14H,4-7,10H2,1-3H3. The summed E-state index contributed by atoms with van der Waals surface area (Å²) in [5.41, 5.74) is 4.51. The van der Waals surface area contributed by atoms with E-state index in [2.05, 4.69) is 32.9 Å². The lowest BCUT2D eigenvalue weighted by molar-refractivity contribution is 0.0961. The van der Waals surface area contributed by atoms with Gasteiger partial charge >= 0.3 is 0 Å². The van der Waals surface area contributed by atoms with Gasteiger partial charge in [0.05, 0.1) is 0 Å². The second-order valence-electron chi connectivity index (χ2n) is 5.55. The van der Waals surface area contributed by atoms with E-state index in [1.807, 2.05) is 0 Å². The van der Waals surface area contributed by atoms with Gasteiger partial charge in [0.2, 0.25) is 0 Å². The molecule has 0 heterocycles. The van der Waals surface area contributed by atoms with Crippen molar-refractivity contribution in [3.8, 4) is 0 Å². The first kappa shape index (κ1) is 12.3. The van der Waals surface area contributed by atoms with Crippen molar-refractivity contribution in [2.24, 2.45) is 5.92 Å². The van der Waals surface area contributed by atoms with Crippen molar-refractivity contribution in [1.82, 2.24) is 0 Å². The van der Waals surface area contributed by atoms with E-state index >= 15 is 0 Å². The minimum Gasteiger partial charge on any atom is -0.294 e. The van der Waals surface area contributed by atoms with E-state index in [9.17, 15) is 4.79 Å². The van der Waals surface area contributed by atoms with Crippen LogP contribution in [0.15, 0.2) is 12.1 Å². The molecule has 0 spiro atoms. The van der Waals surface area contributed by atoms with Crippen LogP contribution >= 0.6 is 0 Å². The Morgan fingerprint density at radius 3 is 2.18 bits per heavy atom. The highest BCUT2D eigenvalue weighted by molar-refractivity contribution is 5.99. The van der Waals surface area contributed by atoms with Gasteiger partial charge in [0.25, 0.3) is 0 Å². The van der Waals surface area contributed by atoms with Gasteiger partial charge in [0.15, 0.2) is 5.78 Å². The predicted octanol–water partition coefficient (Wildman–Crippen LogP) is 4.37. The summed E-state index contributed by atoms with van der Waals surface area (Å²) in [4.78, 5) is 12.4. The van der Waals surface area contributed by atoms with Crippen molar-refractivity contribution in [2.75, 3.05) is 0 Å². The van der Waals surface area contributed by atoms with Crippen LogP contribution < -0.4 is 0 Å². The number of aryl methyl sites for hydroxylation is 3. The van der Waals surface area contributed by atoms with Crippen molar-refractivity contribution >= 4 is 5.78 Å². The van der Waals surface area contributed by atoms with Crippen LogP contribution in [0.1, 0.15) is 59.2 Å². The summed E-state index contributed by atoms with van der Waals surface area (Å²) in [6.45, 7) is 6.20. The molecule has 1 fully saturated rings. The smallest absolute Gasteiger partial charge is 0.163 e. The van der Waals surface area contributed by atoms with Crippen LogP contribution in [-0.2, 0) is 0 Å². The van der Waals surface area contributed by atoms with Crippen LogP contribution in [0, 0.1) is 26.7 Å². The summed E-state index contributed by atoms with van der Waals surface area (Å²) in [5, 5.41) is 0. The average molecular weight is 230 g/mol. The van der Waals surface area contributed by atoms with Crippen molar-refractivity contribution < 1.29 is 4.79 Å². The quantitative estimate of drug-likeness (QED) is 0.704. The van der Waals surface area contributed by atoms with E-state index in [1.54, 1.807) is 0 Å². The molecular weight excluding hydrogens is 208 g/mol. The van der Waals surface area contributed by atoms with E-state index in [0.717, 1.165) is 23.1 Å². The molecule has 1 aliphatic rings. The molecule has 1 aromatic carbocycles. The molecule has 1 aromatic rings. The highest BCUT2D eigenvalue weighted by Crippen LogP contribution is 2.30. The molecule has 0 atom stereocenters. The van der Waals surface area contributed by atoms with Crippen molar-refractivity contribution in [2.45, 2.75) is 52.9 Å². The van der Waals surface area contributed by atoms with Crippen LogP contribution in [0.2, 0.25) is 0 Å². The molecule has 1 aliphatic carbocycles. The lowest BCUT2D eigenvalue weighted by atomic mass is 9.91. The Hall–Kier alpha value is -1.11. The highest BCUT2D eigenvalue weighted by atomic mass is 16.1. The second kappa shape index (κ2) is 5.03. The molecule has 0 aromatic heterocycles. The Kier molecular flexibility index (Phi) is 3.66. The van der Waals surface area contributed by atoms with Gasteiger partial charge in [-0.05, 0) is 37.8 Å². The van der Waals surface area contributed by atoms with Gasteiger partial charge in [-0.2, -0.15) is 0 Å². The summed E-state index contributed by atoms with van der Waals surface area (Å²) in [6.07, 6.45) is 5.86. The number of rotatable bonds is 3. The third-order valence-corrected chi connectivity index (χ3v) is 3.90.